The molecule has 0 spiro atoms. The molecular weight excluding hydrogens is 518 g/mol. The predicted octanol–water partition coefficient (Wildman–Crippen LogP) is 3.40. The topological polar surface area (TPSA) is 132 Å². The van der Waals surface area contributed by atoms with E-state index in [1.165, 1.54) is 11.3 Å². The highest BCUT2D eigenvalue weighted by molar-refractivity contribution is 7.09. The summed E-state index contributed by atoms with van der Waals surface area (Å²) in [6.45, 7) is 7.64. The van der Waals surface area contributed by atoms with E-state index >= 15 is 0 Å². The van der Waals surface area contributed by atoms with Gasteiger partial charge in [-0.2, -0.15) is 0 Å². The molecule has 1 aromatic carbocycles. The Morgan fingerprint density at radius 2 is 1.82 bits per heavy atom. The third-order valence-electron chi connectivity index (χ3n) is 6.99. The van der Waals surface area contributed by atoms with Gasteiger partial charge in [-0.05, 0) is 30.2 Å². The van der Waals surface area contributed by atoms with Crippen LogP contribution in [0.15, 0.2) is 35.8 Å². The van der Waals surface area contributed by atoms with E-state index in [9.17, 15) is 24.0 Å². The van der Waals surface area contributed by atoms with Crippen molar-refractivity contribution in [2.75, 3.05) is 0 Å². The summed E-state index contributed by atoms with van der Waals surface area (Å²) in [6, 6.07) is 8.41. The van der Waals surface area contributed by atoms with Crippen molar-refractivity contribution in [3.63, 3.8) is 0 Å². The van der Waals surface area contributed by atoms with Crippen molar-refractivity contribution in [2.24, 2.45) is 23.7 Å². The number of Topliss-reactive ketones (excluding diaryl/α,β-unsaturated/α-hetero) is 2. The number of hydrogen-bond acceptors (Lipinski definition) is 8. The first kappa shape index (κ1) is 30.1. The highest BCUT2D eigenvalue weighted by atomic mass is 32.1. The zero-order valence-corrected chi connectivity index (χ0v) is 23.7. The maximum Gasteiger partial charge on any atom is 0.306 e. The maximum atomic E-state index is 13.4. The Hall–Kier alpha value is -3.40. The average Bonchev–Trinajstić information content (AvgIpc) is 3.37. The summed E-state index contributed by atoms with van der Waals surface area (Å²) >= 11 is 1.42. The fraction of sp³-hybridized carbons (Fsp3) is 0.517. The zero-order valence-electron chi connectivity index (χ0n) is 22.9. The van der Waals surface area contributed by atoms with Crippen LogP contribution in [0, 0.1) is 23.7 Å². The number of benzene rings is 1. The van der Waals surface area contributed by atoms with Crippen LogP contribution in [0.2, 0.25) is 0 Å². The van der Waals surface area contributed by atoms with E-state index in [4.69, 9.17) is 4.74 Å². The van der Waals surface area contributed by atoms with Gasteiger partial charge in [0.1, 0.15) is 6.61 Å². The summed E-state index contributed by atoms with van der Waals surface area (Å²) in [5.74, 6) is -4.52. The van der Waals surface area contributed by atoms with Crippen LogP contribution in [0.5, 0.6) is 0 Å². The number of nitrogens with one attached hydrogen (secondary N) is 2. The number of carbonyl (C=O) groups is 5. The molecule has 0 saturated heterocycles. The van der Waals surface area contributed by atoms with Crippen molar-refractivity contribution < 1.29 is 28.7 Å². The molecule has 2 aromatic rings. The van der Waals surface area contributed by atoms with Crippen LogP contribution in [-0.4, -0.2) is 40.4 Å². The Kier molecular flexibility index (Phi) is 10.9. The lowest BCUT2D eigenvalue weighted by Crippen LogP contribution is -2.49. The summed E-state index contributed by atoms with van der Waals surface area (Å²) in [6.07, 6.45) is 0.513. The first-order valence-corrected chi connectivity index (χ1v) is 14.2. The minimum atomic E-state index is -0.864. The Bertz CT molecular complexity index is 1180. The molecule has 1 aliphatic heterocycles. The third kappa shape index (κ3) is 8.54. The van der Waals surface area contributed by atoms with Crippen LogP contribution in [-0.2, 0) is 48.3 Å². The molecule has 3 rings (SSSR count). The van der Waals surface area contributed by atoms with Gasteiger partial charge < -0.3 is 15.4 Å². The van der Waals surface area contributed by atoms with Crippen LogP contribution >= 0.6 is 11.3 Å². The first-order valence-electron chi connectivity index (χ1n) is 13.3. The number of aromatic nitrogens is 1. The molecule has 39 heavy (non-hydrogen) atoms. The van der Waals surface area contributed by atoms with Crippen molar-refractivity contribution in [1.82, 2.24) is 15.6 Å². The molecule has 2 N–H and O–H groups in total. The van der Waals surface area contributed by atoms with Crippen molar-refractivity contribution >= 4 is 40.7 Å². The van der Waals surface area contributed by atoms with Gasteiger partial charge in [-0.3, -0.25) is 24.0 Å². The molecule has 0 radical (unpaired) electrons. The number of esters is 1. The molecule has 1 aliphatic rings. The van der Waals surface area contributed by atoms with Gasteiger partial charge in [0.05, 0.1) is 36.1 Å². The van der Waals surface area contributed by atoms with Gasteiger partial charge in [-0.25, -0.2) is 4.98 Å². The normalized spacial score (nSPS) is 17.3. The first-order chi connectivity index (χ1) is 18.6. The number of fused-ring (bicyclic) bond motifs is 1. The SMILES string of the molecule is CC(C)C(CC(=O)OCc1ccccc1)C(=O)NC(C(=O)CC1CCc2ncsc2CNC(=O)C1=O)C(C)C. The number of aryl methyl sites for hydroxylation is 1. The van der Waals surface area contributed by atoms with Gasteiger partial charge in [-0.1, -0.05) is 58.0 Å². The van der Waals surface area contributed by atoms with E-state index in [1.54, 1.807) is 19.4 Å². The number of ketones is 2. The number of nitrogens with zero attached hydrogens (tertiary/aromatic N) is 1. The lowest BCUT2D eigenvalue weighted by Gasteiger charge is -2.27. The number of hydrogen-bond donors (Lipinski definition) is 2. The lowest BCUT2D eigenvalue weighted by molar-refractivity contribution is -0.149. The second-order valence-electron chi connectivity index (χ2n) is 10.6. The molecule has 10 heteroatoms. The largest absolute Gasteiger partial charge is 0.461 e. The van der Waals surface area contributed by atoms with Crippen LogP contribution in [0.1, 0.15) is 63.1 Å². The van der Waals surface area contributed by atoms with E-state index in [1.807, 2.05) is 44.2 Å². The van der Waals surface area contributed by atoms with Crippen molar-refractivity contribution in [2.45, 2.75) is 72.6 Å². The Morgan fingerprint density at radius 3 is 2.49 bits per heavy atom. The molecule has 2 heterocycles. The molecule has 0 aliphatic carbocycles. The third-order valence-corrected chi connectivity index (χ3v) is 7.86. The van der Waals surface area contributed by atoms with Crippen LogP contribution < -0.4 is 10.6 Å². The smallest absolute Gasteiger partial charge is 0.306 e. The monoisotopic (exact) mass is 555 g/mol. The number of carbonyl (C=O) groups excluding carboxylic acids is 5. The van der Waals surface area contributed by atoms with Crippen LogP contribution in [0.4, 0.5) is 0 Å². The molecule has 3 atom stereocenters. The van der Waals surface area contributed by atoms with Gasteiger partial charge in [-0.15, -0.1) is 11.3 Å². The predicted molar refractivity (Wildman–Crippen MR) is 146 cm³/mol. The van der Waals surface area contributed by atoms with Gasteiger partial charge in [0.2, 0.25) is 11.7 Å². The number of ether oxygens (including phenoxy) is 1. The van der Waals surface area contributed by atoms with Gasteiger partial charge in [0.25, 0.3) is 5.91 Å². The fourth-order valence-corrected chi connectivity index (χ4v) is 5.32. The van der Waals surface area contributed by atoms with Crippen LogP contribution in [0.3, 0.4) is 0 Å². The average molecular weight is 556 g/mol. The molecule has 1 aromatic heterocycles. The number of thiazole rings is 1. The Balaban J connectivity index is 1.64. The highest BCUT2D eigenvalue weighted by Crippen LogP contribution is 2.24. The minimum absolute atomic E-state index is 0.116. The van der Waals surface area contributed by atoms with Crippen LogP contribution in [0.25, 0.3) is 0 Å². The van der Waals surface area contributed by atoms with E-state index in [0.717, 1.165) is 16.1 Å². The van der Waals surface area contributed by atoms with Gasteiger partial charge in [0, 0.05) is 17.2 Å². The highest BCUT2D eigenvalue weighted by Gasteiger charge is 2.35. The summed E-state index contributed by atoms with van der Waals surface area (Å²) in [7, 11) is 0. The molecular formula is C29H37N3O6S. The standard InChI is InChI=1S/C29H37N3O6S/c1-17(2)21(13-25(34)38-15-19-8-6-5-7-9-19)28(36)32-26(18(3)4)23(33)12-20-10-11-22-24(39-16-31-22)14-30-29(37)27(20)35/h5-9,16-18,20-21,26H,10-15H2,1-4H3,(H,30,37)(H,32,36). The molecule has 0 fully saturated rings. The quantitative estimate of drug-likeness (QED) is 0.321. The summed E-state index contributed by atoms with van der Waals surface area (Å²) in [5, 5.41) is 5.45. The van der Waals surface area contributed by atoms with Crippen molar-refractivity contribution in [3.8, 4) is 0 Å². The Labute approximate surface area is 233 Å². The van der Waals surface area contributed by atoms with Gasteiger partial charge >= 0.3 is 5.97 Å². The molecule has 3 unspecified atom stereocenters. The molecule has 2 amide bonds. The number of amides is 2. The van der Waals surface area contributed by atoms with E-state index in [-0.39, 0.29) is 43.6 Å². The lowest BCUT2D eigenvalue weighted by atomic mass is 9.86. The van der Waals surface area contributed by atoms with E-state index in [2.05, 4.69) is 15.6 Å². The van der Waals surface area contributed by atoms with E-state index in [0.29, 0.717) is 12.8 Å². The minimum Gasteiger partial charge on any atom is -0.461 e. The Morgan fingerprint density at radius 1 is 1.10 bits per heavy atom. The van der Waals surface area contributed by atoms with Crippen molar-refractivity contribution in [1.29, 1.82) is 0 Å². The summed E-state index contributed by atoms with van der Waals surface area (Å²) in [4.78, 5) is 69.7. The molecule has 9 nitrogen and oxygen atoms in total. The van der Waals surface area contributed by atoms with Crippen molar-refractivity contribution in [3.05, 3.63) is 52.0 Å². The summed E-state index contributed by atoms with van der Waals surface area (Å²) < 4.78 is 5.37. The van der Waals surface area contributed by atoms with Gasteiger partial charge in [0.15, 0.2) is 5.78 Å². The maximum absolute atomic E-state index is 13.4. The molecule has 0 saturated carbocycles. The number of rotatable bonds is 11. The van der Waals surface area contributed by atoms with E-state index < -0.39 is 41.4 Å². The second kappa shape index (κ2) is 14.1. The molecule has 210 valence electrons. The zero-order chi connectivity index (χ0) is 28.5. The fourth-order valence-electron chi connectivity index (χ4n) is 4.57. The summed E-state index contributed by atoms with van der Waals surface area (Å²) in [5.41, 5.74) is 3.37. The second-order valence-corrected chi connectivity index (χ2v) is 11.5. The molecule has 0 bridgehead atoms.